The molecule has 2 aromatic heterocycles. The van der Waals surface area contributed by atoms with Crippen molar-refractivity contribution in [2.24, 2.45) is 5.92 Å². The van der Waals surface area contributed by atoms with Crippen molar-refractivity contribution in [3.8, 4) is 11.3 Å². The zero-order valence-electron chi connectivity index (χ0n) is 14.4. The number of aliphatic hydroxyl groups is 1. The molecule has 0 saturated heterocycles. The number of fused-ring (bicyclic) bond motifs is 1. The summed E-state index contributed by atoms with van der Waals surface area (Å²) in [5.41, 5.74) is 2.87. The molecule has 6 heteroatoms. The highest BCUT2D eigenvalue weighted by Gasteiger charge is 2.22. The zero-order valence-corrected chi connectivity index (χ0v) is 14.4. The van der Waals surface area contributed by atoms with Crippen LogP contribution < -0.4 is 5.32 Å². The van der Waals surface area contributed by atoms with Gasteiger partial charge in [0, 0.05) is 25.4 Å². The van der Waals surface area contributed by atoms with Crippen molar-refractivity contribution in [3.05, 3.63) is 36.5 Å². The number of nitrogens with one attached hydrogen (secondary N) is 1. The lowest BCUT2D eigenvalue weighted by atomic mass is 9.87. The molecule has 2 N–H and O–H groups in total. The van der Waals surface area contributed by atoms with Gasteiger partial charge in [-0.25, -0.2) is 9.67 Å². The normalized spacial score (nSPS) is 20.7. The van der Waals surface area contributed by atoms with Gasteiger partial charge >= 0.3 is 0 Å². The van der Waals surface area contributed by atoms with Crippen LogP contribution in [0.25, 0.3) is 22.3 Å². The van der Waals surface area contributed by atoms with Crippen molar-refractivity contribution < 1.29 is 5.11 Å². The average Bonchev–Trinajstić information content (AvgIpc) is 3.02. The highest BCUT2D eigenvalue weighted by Crippen LogP contribution is 2.30. The largest absolute Gasteiger partial charge is 0.393 e. The Labute approximate surface area is 146 Å². The van der Waals surface area contributed by atoms with Crippen LogP contribution in [0.2, 0.25) is 0 Å². The van der Waals surface area contributed by atoms with Gasteiger partial charge in [0.1, 0.15) is 5.69 Å². The summed E-state index contributed by atoms with van der Waals surface area (Å²) in [6.45, 7) is 0.830. The monoisotopic (exact) mass is 337 g/mol. The molecule has 2 heterocycles. The number of hydrogen-bond donors (Lipinski definition) is 2. The molecule has 25 heavy (non-hydrogen) atoms. The Morgan fingerprint density at radius 2 is 1.92 bits per heavy atom. The molecule has 1 aromatic carbocycles. The van der Waals surface area contributed by atoms with Gasteiger partial charge < -0.3 is 10.4 Å². The molecule has 130 valence electrons. The van der Waals surface area contributed by atoms with Gasteiger partial charge in [0.15, 0.2) is 5.65 Å². The minimum Gasteiger partial charge on any atom is -0.393 e. The average molecular weight is 337 g/mol. The molecule has 0 spiro atoms. The lowest BCUT2D eigenvalue weighted by molar-refractivity contribution is 0.103. The highest BCUT2D eigenvalue weighted by molar-refractivity contribution is 5.91. The molecule has 6 nitrogen and oxygen atoms in total. The lowest BCUT2D eigenvalue weighted by Crippen LogP contribution is -2.22. The van der Waals surface area contributed by atoms with E-state index < -0.39 is 0 Å². The summed E-state index contributed by atoms with van der Waals surface area (Å²) in [5, 5.41) is 18.6. The van der Waals surface area contributed by atoms with E-state index in [2.05, 4.69) is 27.4 Å². The van der Waals surface area contributed by atoms with E-state index in [4.69, 9.17) is 5.10 Å². The van der Waals surface area contributed by atoms with Gasteiger partial charge in [0.2, 0.25) is 5.95 Å². The number of anilines is 1. The minimum absolute atomic E-state index is 0.135. The molecule has 1 fully saturated rings. The Morgan fingerprint density at radius 1 is 1.16 bits per heavy atom. The SMILES string of the molecule is CNc1ncc2c(-c3ccccc3)nn(C[C@H]3CC[C@@H](O)CC3)c2n1. The number of rotatable bonds is 4. The van der Waals surface area contributed by atoms with Crippen LogP contribution in [0.5, 0.6) is 0 Å². The second-order valence-electron chi connectivity index (χ2n) is 6.75. The fourth-order valence-corrected chi connectivity index (χ4v) is 3.59. The number of nitrogens with zero attached hydrogens (tertiary/aromatic N) is 4. The van der Waals surface area contributed by atoms with Gasteiger partial charge in [0.05, 0.1) is 11.5 Å². The van der Waals surface area contributed by atoms with Crippen molar-refractivity contribution in [2.45, 2.75) is 38.3 Å². The summed E-state index contributed by atoms with van der Waals surface area (Å²) in [6, 6.07) is 10.2. The molecule has 3 aromatic rings. The van der Waals surface area contributed by atoms with E-state index in [1.807, 2.05) is 36.1 Å². The van der Waals surface area contributed by atoms with Gasteiger partial charge in [-0.3, -0.25) is 0 Å². The third-order valence-electron chi connectivity index (χ3n) is 5.01. The molecular weight excluding hydrogens is 314 g/mol. The second-order valence-corrected chi connectivity index (χ2v) is 6.75. The molecule has 0 atom stereocenters. The lowest BCUT2D eigenvalue weighted by Gasteiger charge is -2.25. The Kier molecular flexibility index (Phi) is 4.36. The predicted molar refractivity (Wildman–Crippen MR) is 98.3 cm³/mol. The molecule has 0 aliphatic heterocycles. The van der Waals surface area contributed by atoms with Crippen LogP contribution in [0.3, 0.4) is 0 Å². The van der Waals surface area contributed by atoms with Crippen LogP contribution in [0.4, 0.5) is 5.95 Å². The van der Waals surface area contributed by atoms with Crippen molar-refractivity contribution in [1.82, 2.24) is 19.7 Å². The smallest absolute Gasteiger partial charge is 0.224 e. The minimum atomic E-state index is -0.135. The molecule has 1 saturated carbocycles. The first-order valence-corrected chi connectivity index (χ1v) is 8.89. The maximum atomic E-state index is 9.73. The first kappa shape index (κ1) is 16.0. The molecular formula is C19H23N5O. The van der Waals surface area contributed by atoms with E-state index in [-0.39, 0.29) is 6.10 Å². The summed E-state index contributed by atoms with van der Waals surface area (Å²) < 4.78 is 2.02. The summed E-state index contributed by atoms with van der Waals surface area (Å²) in [6.07, 6.45) is 5.55. The van der Waals surface area contributed by atoms with E-state index >= 15 is 0 Å². The van der Waals surface area contributed by atoms with Gasteiger partial charge in [0.25, 0.3) is 0 Å². The van der Waals surface area contributed by atoms with Crippen molar-refractivity contribution in [3.63, 3.8) is 0 Å². The van der Waals surface area contributed by atoms with E-state index in [0.29, 0.717) is 11.9 Å². The third-order valence-corrected chi connectivity index (χ3v) is 5.01. The summed E-state index contributed by atoms with van der Waals surface area (Å²) >= 11 is 0. The standard InChI is InChI=1S/C19H23N5O/c1-20-19-21-11-16-17(14-5-3-2-4-6-14)23-24(18(16)22-19)12-13-7-9-15(25)10-8-13/h2-6,11,13,15,25H,7-10,12H2,1H3,(H,20,21,22)/t13-,15+. The van der Waals surface area contributed by atoms with Crippen LogP contribution in [-0.4, -0.2) is 38.0 Å². The van der Waals surface area contributed by atoms with Crippen LogP contribution >= 0.6 is 0 Å². The zero-order chi connectivity index (χ0) is 17.2. The molecule has 4 rings (SSSR count). The summed E-state index contributed by atoms with van der Waals surface area (Å²) in [5.74, 6) is 1.13. The van der Waals surface area contributed by atoms with Gasteiger partial charge in [-0.15, -0.1) is 0 Å². The second kappa shape index (κ2) is 6.80. The molecule has 0 unspecified atom stereocenters. The van der Waals surface area contributed by atoms with E-state index in [1.165, 1.54) is 0 Å². The third kappa shape index (κ3) is 3.22. The first-order valence-electron chi connectivity index (χ1n) is 8.89. The van der Waals surface area contributed by atoms with Gasteiger partial charge in [-0.2, -0.15) is 10.1 Å². The van der Waals surface area contributed by atoms with Crippen LogP contribution in [0.15, 0.2) is 36.5 Å². The number of aliphatic hydroxyl groups excluding tert-OH is 1. The van der Waals surface area contributed by atoms with Crippen LogP contribution in [-0.2, 0) is 6.54 Å². The number of aromatic nitrogens is 4. The van der Waals surface area contributed by atoms with E-state index in [0.717, 1.165) is 54.5 Å². The van der Waals surface area contributed by atoms with Crippen molar-refractivity contribution in [2.75, 3.05) is 12.4 Å². The fourth-order valence-electron chi connectivity index (χ4n) is 3.59. The fraction of sp³-hybridized carbons (Fsp3) is 0.421. The molecule has 1 aliphatic rings. The Hall–Kier alpha value is -2.47. The predicted octanol–water partition coefficient (Wildman–Crippen LogP) is 3.09. The molecule has 0 bridgehead atoms. The Balaban J connectivity index is 1.74. The maximum Gasteiger partial charge on any atom is 0.224 e. The quantitative estimate of drug-likeness (QED) is 0.765. The first-order chi connectivity index (χ1) is 12.2. The maximum absolute atomic E-state index is 9.73. The Bertz CT molecular complexity index is 853. The summed E-state index contributed by atoms with van der Waals surface area (Å²) in [4.78, 5) is 9.02. The van der Waals surface area contributed by atoms with Crippen molar-refractivity contribution >= 4 is 17.0 Å². The number of benzene rings is 1. The van der Waals surface area contributed by atoms with Crippen LogP contribution in [0.1, 0.15) is 25.7 Å². The number of hydrogen-bond acceptors (Lipinski definition) is 5. The van der Waals surface area contributed by atoms with Gasteiger partial charge in [-0.1, -0.05) is 30.3 Å². The van der Waals surface area contributed by atoms with E-state index in [9.17, 15) is 5.11 Å². The van der Waals surface area contributed by atoms with Gasteiger partial charge in [-0.05, 0) is 31.6 Å². The molecule has 0 amide bonds. The van der Waals surface area contributed by atoms with Crippen molar-refractivity contribution in [1.29, 1.82) is 0 Å². The Morgan fingerprint density at radius 3 is 2.64 bits per heavy atom. The topological polar surface area (TPSA) is 75.9 Å². The summed E-state index contributed by atoms with van der Waals surface area (Å²) in [7, 11) is 1.82. The van der Waals surface area contributed by atoms with Crippen LogP contribution in [0, 0.1) is 5.92 Å². The van der Waals surface area contributed by atoms with E-state index in [1.54, 1.807) is 0 Å². The highest BCUT2D eigenvalue weighted by atomic mass is 16.3. The molecule has 0 radical (unpaired) electrons. The molecule has 1 aliphatic carbocycles.